The van der Waals surface area contributed by atoms with Crippen LogP contribution in [0.25, 0.3) is 0 Å². The Balaban J connectivity index is 1.73. The molecule has 0 aliphatic heterocycles. The van der Waals surface area contributed by atoms with Crippen LogP contribution in [0.3, 0.4) is 0 Å². The highest BCUT2D eigenvalue weighted by molar-refractivity contribution is 5.10. The molecule has 0 aromatic carbocycles. The Morgan fingerprint density at radius 1 is 1.19 bits per heavy atom. The highest BCUT2D eigenvalue weighted by Crippen LogP contribution is 2.12. The van der Waals surface area contributed by atoms with Crippen LogP contribution in [0.5, 0.6) is 0 Å². The topological polar surface area (TPSA) is 55.0 Å². The van der Waals surface area contributed by atoms with Crippen molar-refractivity contribution in [2.75, 3.05) is 20.1 Å². The summed E-state index contributed by atoms with van der Waals surface area (Å²) in [6.45, 7) is 1.85. The van der Waals surface area contributed by atoms with Crippen molar-refractivity contribution in [2.24, 2.45) is 5.73 Å². The highest BCUT2D eigenvalue weighted by Gasteiger charge is 2.09. The van der Waals surface area contributed by atoms with E-state index in [1.807, 2.05) is 24.5 Å². The standard InChI is InChI=1S/C16H21FN4/c1-21(10-6-13-4-8-19-9-5-13)11-7-15(18)16-3-2-14(17)12-20-16/h2-5,8-9,12,15H,6-7,10-11,18H2,1H3. The zero-order valence-electron chi connectivity index (χ0n) is 12.2. The van der Waals surface area contributed by atoms with Crippen molar-refractivity contribution in [1.29, 1.82) is 0 Å². The number of nitrogens with zero attached hydrogens (tertiary/aromatic N) is 3. The Hall–Kier alpha value is -1.85. The molecule has 1 unspecified atom stereocenters. The van der Waals surface area contributed by atoms with E-state index in [4.69, 9.17) is 5.73 Å². The van der Waals surface area contributed by atoms with Crippen LogP contribution < -0.4 is 5.73 Å². The number of likely N-dealkylation sites (N-methyl/N-ethyl adjacent to an activating group) is 1. The van der Waals surface area contributed by atoms with Crippen molar-refractivity contribution in [3.63, 3.8) is 0 Å². The second kappa shape index (κ2) is 7.81. The molecule has 0 aliphatic rings. The van der Waals surface area contributed by atoms with E-state index in [-0.39, 0.29) is 11.9 Å². The Kier molecular flexibility index (Phi) is 5.78. The van der Waals surface area contributed by atoms with Gasteiger partial charge in [-0.25, -0.2) is 4.39 Å². The Morgan fingerprint density at radius 2 is 1.95 bits per heavy atom. The number of rotatable bonds is 7. The van der Waals surface area contributed by atoms with Crippen molar-refractivity contribution in [1.82, 2.24) is 14.9 Å². The average Bonchev–Trinajstić information content (AvgIpc) is 2.52. The molecule has 112 valence electrons. The molecule has 0 saturated carbocycles. The monoisotopic (exact) mass is 288 g/mol. The molecule has 0 radical (unpaired) electrons. The summed E-state index contributed by atoms with van der Waals surface area (Å²) in [5.41, 5.74) is 8.09. The third-order valence-electron chi connectivity index (χ3n) is 3.48. The average molecular weight is 288 g/mol. The first-order valence-corrected chi connectivity index (χ1v) is 7.09. The quantitative estimate of drug-likeness (QED) is 0.848. The molecule has 0 bridgehead atoms. The fourth-order valence-corrected chi connectivity index (χ4v) is 2.10. The fraction of sp³-hybridized carbons (Fsp3) is 0.375. The molecular formula is C16H21FN4. The Labute approximate surface area is 124 Å². The largest absolute Gasteiger partial charge is 0.323 e. The van der Waals surface area contributed by atoms with Gasteiger partial charge in [0.25, 0.3) is 0 Å². The molecule has 0 saturated heterocycles. The molecule has 2 N–H and O–H groups in total. The van der Waals surface area contributed by atoms with Crippen LogP contribution in [0.15, 0.2) is 42.9 Å². The Bertz CT molecular complexity index is 530. The number of halogens is 1. The maximum absolute atomic E-state index is 12.8. The van der Waals surface area contributed by atoms with Crippen LogP contribution >= 0.6 is 0 Å². The summed E-state index contributed by atoms with van der Waals surface area (Å²) < 4.78 is 12.8. The maximum Gasteiger partial charge on any atom is 0.141 e. The normalized spacial score (nSPS) is 12.6. The zero-order valence-corrected chi connectivity index (χ0v) is 12.2. The number of hydrogen-bond acceptors (Lipinski definition) is 4. The first kappa shape index (κ1) is 15.5. The van der Waals surface area contributed by atoms with Gasteiger partial charge in [0, 0.05) is 25.0 Å². The molecule has 2 heterocycles. The smallest absolute Gasteiger partial charge is 0.141 e. The lowest BCUT2D eigenvalue weighted by Crippen LogP contribution is -2.26. The molecule has 0 amide bonds. The van der Waals surface area contributed by atoms with Crippen LogP contribution in [-0.4, -0.2) is 35.0 Å². The van der Waals surface area contributed by atoms with Gasteiger partial charge in [0.15, 0.2) is 0 Å². The zero-order chi connectivity index (χ0) is 15.1. The van der Waals surface area contributed by atoms with Crippen LogP contribution in [0.2, 0.25) is 0 Å². The van der Waals surface area contributed by atoms with Crippen molar-refractivity contribution in [3.8, 4) is 0 Å². The molecule has 2 aromatic heterocycles. The minimum Gasteiger partial charge on any atom is -0.323 e. The fourth-order valence-electron chi connectivity index (χ4n) is 2.10. The lowest BCUT2D eigenvalue weighted by molar-refractivity contribution is 0.321. The van der Waals surface area contributed by atoms with Crippen molar-refractivity contribution in [2.45, 2.75) is 18.9 Å². The predicted molar refractivity (Wildman–Crippen MR) is 81.2 cm³/mol. The van der Waals surface area contributed by atoms with Crippen molar-refractivity contribution < 1.29 is 4.39 Å². The van der Waals surface area contributed by atoms with Gasteiger partial charge in [0.2, 0.25) is 0 Å². The van der Waals surface area contributed by atoms with Crippen molar-refractivity contribution >= 4 is 0 Å². The van der Waals surface area contributed by atoms with Crippen molar-refractivity contribution in [3.05, 3.63) is 59.9 Å². The highest BCUT2D eigenvalue weighted by atomic mass is 19.1. The summed E-state index contributed by atoms with van der Waals surface area (Å²) in [5, 5.41) is 0. The summed E-state index contributed by atoms with van der Waals surface area (Å²) >= 11 is 0. The van der Waals surface area contributed by atoms with Gasteiger partial charge in [0.05, 0.1) is 11.9 Å². The third kappa shape index (κ3) is 5.21. The van der Waals surface area contributed by atoms with E-state index >= 15 is 0 Å². The summed E-state index contributed by atoms with van der Waals surface area (Å²) in [7, 11) is 2.08. The molecule has 0 aliphatic carbocycles. The predicted octanol–water partition coefficient (Wildman–Crippen LogP) is 2.18. The SMILES string of the molecule is CN(CCc1ccncc1)CCC(N)c1ccc(F)cn1. The number of nitrogens with two attached hydrogens (primary N) is 1. The van der Waals surface area contributed by atoms with Crippen LogP contribution in [0.1, 0.15) is 23.7 Å². The molecule has 5 heteroatoms. The van der Waals surface area contributed by atoms with Crippen LogP contribution in [0.4, 0.5) is 4.39 Å². The van der Waals surface area contributed by atoms with Gasteiger partial charge in [-0.2, -0.15) is 0 Å². The molecule has 4 nitrogen and oxygen atoms in total. The molecule has 0 spiro atoms. The van der Waals surface area contributed by atoms with E-state index in [0.29, 0.717) is 0 Å². The molecule has 21 heavy (non-hydrogen) atoms. The van der Waals surface area contributed by atoms with Gasteiger partial charge in [-0.05, 0) is 56.3 Å². The number of hydrogen-bond donors (Lipinski definition) is 1. The van der Waals surface area contributed by atoms with E-state index < -0.39 is 0 Å². The molecule has 1 atom stereocenters. The van der Waals surface area contributed by atoms with E-state index in [9.17, 15) is 4.39 Å². The van der Waals surface area contributed by atoms with Crippen LogP contribution in [-0.2, 0) is 6.42 Å². The van der Waals surface area contributed by atoms with Gasteiger partial charge in [-0.1, -0.05) is 0 Å². The summed E-state index contributed by atoms with van der Waals surface area (Å²) in [4.78, 5) is 10.3. The first-order chi connectivity index (χ1) is 10.1. The van der Waals surface area contributed by atoms with Gasteiger partial charge in [0.1, 0.15) is 5.82 Å². The molecule has 2 rings (SSSR count). The molecule has 2 aromatic rings. The maximum atomic E-state index is 12.8. The van der Waals surface area contributed by atoms with E-state index in [0.717, 1.165) is 31.6 Å². The van der Waals surface area contributed by atoms with Gasteiger partial charge in [-0.3, -0.25) is 9.97 Å². The van der Waals surface area contributed by atoms with Gasteiger partial charge in [-0.15, -0.1) is 0 Å². The lowest BCUT2D eigenvalue weighted by Gasteiger charge is -2.19. The summed E-state index contributed by atoms with van der Waals surface area (Å²) in [5.74, 6) is -0.333. The Morgan fingerprint density at radius 3 is 2.62 bits per heavy atom. The molecule has 0 fully saturated rings. The second-order valence-electron chi connectivity index (χ2n) is 5.21. The minimum absolute atomic E-state index is 0.158. The van der Waals surface area contributed by atoms with Gasteiger partial charge < -0.3 is 10.6 Å². The first-order valence-electron chi connectivity index (χ1n) is 7.09. The minimum atomic E-state index is -0.333. The van der Waals surface area contributed by atoms with Gasteiger partial charge >= 0.3 is 0 Å². The van der Waals surface area contributed by atoms with E-state index in [1.54, 1.807) is 6.07 Å². The third-order valence-corrected chi connectivity index (χ3v) is 3.48. The molecular weight excluding hydrogens is 267 g/mol. The number of aromatic nitrogens is 2. The summed E-state index contributed by atoms with van der Waals surface area (Å²) in [6.07, 6.45) is 6.62. The second-order valence-corrected chi connectivity index (χ2v) is 5.21. The summed E-state index contributed by atoms with van der Waals surface area (Å²) in [6, 6.07) is 6.95. The van der Waals surface area contributed by atoms with E-state index in [1.165, 1.54) is 17.8 Å². The van der Waals surface area contributed by atoms with Crippen LogP contribution in [0, 0.1) is 5.82 Å². The number of pyridine rings is 2. The lowest BCUT2D eigenvalue weighted by atomic mass is 10.1. The van der Waals surface area contributed by atoms with E-state index in [2.05, 4.69) is 21.9 Å².